The van der Waals surface area contributed by atoms with Gasteiger partial charge in [0.25, 0.3) is 5.91 Å². The van der Waals surface area contributed by atoms with Gasteiger partial charge in [-0.2, -0.15) is 0 Å². The molecule has 10 heteroatoms. The highest BCUT2D eigenvalue weighted by Gasteiger charge is 2.44. The Morgan fingerprint density at radius 3 is 2.24 bits per heavy atom. The third kappa shape index (κ3) is 9.50. The molecule has 0 N–H and O–H groups in total. The zero-order valence-electron chi connectivity index (χ0n) is 31.1. The smallest absolute Gasteiger partial charge is 0.410 e. The normalized spacial score (nSPS) is 20.3. The maximum Gasteiger partial charge on any atom is 0.410 e. The van der Waals surface area contributed by atoms with Crippen LogP contribution < -0.4 is 9.47 Å². The summed E-state index contributed by atoms with van der Waals surface area (Å²) in [6.07, 6.45) is 4.91. The van der Waals surface area contributed by atoms with E-state index in [-0.39, 0.29) is 47.7 Å². The van der Waals surface area contributed by atoms with Gasteiger partial charge in [-0.3, -0.25) is 9.59 Å². The van der Waals surface area contributed by atoms with Gasteiger partial charge in [0, 0.05) is 81.7 Å². The molecule has 5 rings (SSSR count). The lowest BCUT2D eigenvalue weighted by Gasteiger charge is -2.35. The van der Waals surface area contributed by atoms with E-state index in [0.29, 0.717) is 62.9 Å². The molecular weight excluding hydrogens is 634 g/mol. The number of carbonyl (C=O) groups excluding carboxylic acids is 3. The first-order valence-corrected chi connectivity index (χ1v) is 18.3. The van der Waals surface area contributed by atoms with Gasteiger partial charge in [0.05, 0.1) is 13.7 Å². The number of benzene rings is 2. The molecule has 1 saturated heterocycles. The minimum absolute atomic E-state index is 0.00691. The summed E-state index contributed by atoms with van der Waals surface area (Å²) in [5.41, 5.74) is 2.50. The van der Waals surface area contributed by atoms with Crippen molar-refractivity contribution < 1.29 is 33.3 Å². The number of fused-ring (bicyclic) bond motifs is 1. The van der Waals surface area contributed by atoms with E-state index in [1.165, 1.54) is 11.1 Å². The summed E-state index contributed by atoms with van der Waals surface area (Å²) in [6, 6.07) is 13.9. The molecule has 3 aliphatic rings. The van der Waals surface area contributed by atoms with E-state index in [9.17, 15) is 14.4 Å². The van der Waals surface area contributed by atoms with Gasteiger partial charge < -0.3 is 33.6 Å². The number of methoxy groups -OCH3 is 2. The number of amides is 3. The molecule has 10 nitrogen and oxygen atoms in total. The molecule has 0 spiro atoms. The van der Waals surface area contributed by atoms with Crippen molar-refractivity contribution in [3.8, 4) is 11.5 Å². The molecule has 1 heterocycles. The fourth-order valence-corrected chi connectivity index (χ4v) is 7.28. The number of hydrogen-bond donors (Lipinski definition) is 0. The lowest BCUT2D eigenvalue weighted by Crippen LogP contribution is -2.46. The minimum atomic E-state index is -0.629. The van der Waals surface area contributed by atoms with Crippen LogP contribution in [0.2, 0.25) is 0 Å². The number of aryl methyl sites for hydroxylation is 1. The fraction of sp³-hybridized carbons (Fsp3) is 0.625. The second-order valence-corrected chi connectivity index (χ2v) is 15.4. The van der Waals surface area contributed by atoms with Gasteiger partial charge in [-0.15, -0.1) is 0 Å². The van der Waals surface area contributed by atoms with Crippen molar-refractivity contribution in [2.45, 2.75) is 90.8 Å². The van der Waals surface area contributed by atoms with Crippen LogP contribution in [0.4, 0.5) is 4.79 Å². The van der Waals surface area contributed by atoms with Crippen molar-refractivity contribution >= 4 is 17.9 Å². The quantitative estimate of drug-likeness (QED) is 0.217. The molecule has 1 aliphatic heterocycles. The van der Waals surface area contributed by atoms with Crippen molar-refractivity contribution in [2.75, 3.05) is 53.6 Å². The van der Waals surface area contributed by atoms with Gasteiger partial charge in [-0.05, 0) is 96.0 Å². The van der Waals surface area contributed by atoms with Crippen molar-refractivity contribution in [3.05, 3.63) is 59.2 Å². The number of rotatable bonds is 14. The van der Waals surface area contributed by atoms with Crippen LogP contribution in [0.25, 0.3) is 0 Å². The van der Waals surface area contributed by atoms with E-state index in [1.807, 2.05) is 39.5 Å². The van der Waals surface area contributed by atoms with E-state index in [0.717, 1.165) is 32.1 Å². The van der Waals surface area contributed by atoms with Gasteiger partial charge in [-0.1, -0.05) is 24.3 Å². The molecule has 0 radical (unpaired) electrons. The van der Waals surface area contributed by atoms with Crippen molar-refractivity contribution in [2.24, 2.45) is 17.8 Å². The topological polar surface area (TPSA) is 97.9 Å². The Bertz CT molecular complexity index is 1480. The number of carbonyl (C=O) groups is 3. The average Bonchev–Trinajstić information content (AvgIpc) is 3.85. The number of likely N-dealkylation sites (tertiary alicyclic amines) is 1. The van der Waals surface area contributed by atoms with Crippen LogP contribution in [0.15, 0.2) is 42.5 Å². The van der Waals surface area contributed by atoms with E-state index in [4.69, 9.17) is 18.9 Å². The van der Waals surface area contributed by atoms with E-state index >= 15 is 0 Å². The highest BCUT2D eigenvalue weighted by atomic mass is 16.6. The molecule has 50 heavy (non-hydrogen) atoms. The molecule has 3 amide bonds. The Kier molecular flexibility index (Phi) is 12.4. The van der Waals surface area contributed by atoms with Crippen molar-refractivity contribution in [1.29, 1.82) is 0 Å². The maximum atomic E-state index is 14.2. The molecule has 0 aromatic heterocycles. The molecule has 0 bridgehead atoms. The van der Waals surface area contributed by atoms with E-state index in [1.54, 1.807) is 37.3 Å². The molecule has 2 aromatic rings. The van der Waals surface area contributed by atoms with Crippen LogP contribution in [0.5, 0.6) is 11.5 Å². The van der Waals surface area contributed by atoms with Gasteiger partial charge in [0.15, 0.2) is 11.5 Å². The van der Waals surface area contributed by atoms with Crippen LogP contribution in [0.1, 0.15) is 81.8 Å². The van der Waals surface area contributed by atoms with Gasteiger partial charge in [0.2, 0.25) is 5.91 Å². The van der Waals surface area contributed by atoms with Crippen LogP contribution in [0.3, 0.4) is 0 Å². The van der Waals surface area contributed by atoms with Crippen molar-refractivity contribution in [1.82, 2.24) is 14.7 Å². The first-order valence-electron chi connectivity index (χ1n) is 18.3. The summed E-state index contributed by atoms with van der Waals surface area (Å²) in [4.78, 5) is 47.6. The van der Waals surface area contributed by atoms with Crippen molar-refractivity contribution in [3.63, 3.8) is 0 Å². The predicted octanol–water partition coefficient (Wildman–Crippen LogP) is 6.24. The monoisotopic (exact) mass is 691 g/mol. The minimum Gasteiger partial charge on any atom is -0.493 e. The standard InChI is InChI=1S/C40H57N3O7/c1-27(2)42(37(44)31-15-18-35(48-7)36(22-31)49-20-10-19-47-6)25-32-23-41(39(46)50-40(3,4)5)24-33(32)26-43(34-16-17-34)38(45)30-14-13-28-11-8-9-12-29(28)21-30/h8-9,11-12,15,18,22,27,30,32-34H,10,13-14,16-17,19-21,23-26H2,1-7H3/t30-,32-,33-/m0/s1. The summed E-state index contributed by atoms with van der Waals surface area (Å²) in [7, 11) is 3.23. The van der Waals surface area contributed by atoms with E-state index < -0.39 is 5.60 Å². The van der Waals surface area contributed by atoms with Gasteiger partial charge in [0.1, 0.15) is 5.60 Å². The Morgan fingerprint density at radius 1 is 0.900 bits per heavy atom. The summed E-state index contributed by atoms with van der Waals surface area (Å²) in [5.74, 6) is 1.09. The second kappa shape index (κ2) is 16.5. The molecule has 1 saturated carbocycles. The zero-order chi connectivity index (χ0) is 36.0. The maximum absolute atomic E-state index is 14.2. The molecule has 3 atom stereocenters. The molecule has 2 aliphatic carbocycles. The Hall–Kier alpha value is -3.79. The lowest BCUT2D eigenvalue weighted by molar-refractivity contribution is -0.137. The summed E-state index contributed by atoms with van der Waals surface area (Å²) in [6.45, 7) is 12.6. The van der Waals surface area contributed by atoms with Crippen LogP contribution in [0, 0.1) is 17.8 Å². The van der Waals surface area contributed by atoms with Gasteiger partial charge in [-0.25, -0.2) is 4.79 Å². The molecule has 274 valence electrons. The lowest BCUT2D eigenvalue weighted by atomic mass is 9.83. The highest BCUT2D eigenvalue weighted by molar-refractivity contribution is 5.95. The van der Waals surface area contributed by atoms with Gasteiger partial charge >= 0.3 is 6.09 Å². The summed E-state index contributed by atoms with van der Waals surface area (Å²) in [5, 5.41) is 0. The predicted molar refractivity (Wildman–Crippen MR) is 193 cm³/mol. The Labute approximate surface area is 298 Å². The third-order valence-corrected chi connectivity index (χ3v) is 10.1. The molecular formula is C40H57N3O7. The molecule has 2 aromatic carbocycles. The zero-order valence-corrected chi connectivity index (χ0v) is 31.1. The van der Waals surface area contributed by atoms with Crippen LogP contribution in [-0.4, -0.2) is 104 Å². The molecule has 2 fully saturated rings. The van der Waals surface area contributed by atoms with E-state index in [2.05, 4.69) is 29.2 Å². The average molecular weight is 692 g/mol. The number of nitrogens with zero attached hydrogens (tertiary/aromatic N) is 3. The third-order valence-electron chi connectivity index (χ3n) is 10.1. The molecule has 0 unspecified atom stereocenters. The second-order valence-electron chi connectivity index (χ2n) is 15.4. The fourth-order valence-electron chi connectivity index (χ4n) is 7.28. The highest BCUT2D eigenvalue weighted by Crippen LogP contribution is 2.36. The summed E-state index contributed by atoms with van der Waals surface area (Å²) < 4.78 is 22.4. The number of ether oxygens (including phenoxy) is 4. The Morgan fingerprint density at radius 2 is 1.60 bits per heavy atom. The van der Waals surface area contributed by atoms with Crippen LogP contribution in [-0.2, 0) is 27.1 Å². The first-order chi connectivity index (χ1) is 23.9. The SMILES string of the molecule is COCCCOc1cc(C(=O)N(C[C@@H]2CN(C(=O)OC(C)(C)C)C[C@H]2CN(C(=O)[C@H]2CCc3ccccc3C2)C2CC2)C(C)C)ccc1OC. The summed E-state index contributed by atoms with van der Waals surface area (Å²) >= 11 is 0. The number of hydrogen-bond acceptors (Lipinski definition) is 7. The largest absolute Gasteiger partial charge is 0.493 e. The first kappa shape index (κ1) is 37.5. The van der Waals surface area contributed by atoms with Crippen LogP contribution >= 0.6 is 0 Å². The Balaban J connectivity index is 1.36.